The highest BCUT2D eigenvalue weighted by molar-refractivity contribution is 4.89. The molecule has 0 aromatic rings. The van der Waals surface area contributed by atoms with Crippen LogP contribution in [0.4, 0.5) is 0 Å². The van der Waals surface area contributed by atoms with E-state index in [2.05, 4.69) is 27.7 Å². The van der Waals surface area contributed by atoms with Crippen molar-refractivity contribution < 1.29 is 5.11 Å². The second kappa shape index (κ2) is 4.27. The van der Waals surface area contributed by atoms with Gasteiger partial charge < -0.3 is 5.11 Å². The molecule has 0 aliphatic heterocycles. The molecular formula is C11H23O. The van der Waals surface area contributed by atoms with Crippen LogP contribution in [0.15, 0.2) is 0 Å². The SMILES string of the molecule is [CH2]CC(C)(O)C(C)(C)CCCC. The summed E-state index contributed by atoms with van der Waals surface area (Å²) in [7, 11) is 0. The zero-order valence-electron chi connectivity index (χ0n) is 8.98. The van der Waals surface area contributed by atoms with E-state index in [1.165, 1.54) is 12.8 Å². The molecule has 0 aliphatic rings. The average Bonchev–Trinajstić information content (AvgIpc) is 2.00. The van der Waals surface area contributed by atoms with Crippen molar-refractivity contribution in [3.05, 3.63) is 6.92 Å². The van der Waals surface area contributed by atoms with Crippen LogP contribution in [0.5, 0.6) is 0 Å². The van der Waals surface area contributed by atoms with E-state index in [9.17, 15) is 5.11 Å². The van der Waals surface area contributed by atoms with E-state index in [4.69, 9.17) is 0 Å². The molecule has 1 unspecified atom stereocenters. The largest absolute Gasteiger partial charge is 0.390 e. The standard InChI is InChI=1S/C11H23O/c1-6-8-9-10(3,4)11(5,12)7-2/h12H,2,6-9H2,1,3-5H3. The fourth-order valence-electron chi connectivity index (χ4n) is 1.23. The Morgan fingerprint density at radius 3 is 2.08 bits per heavy atom. The van der Waals surface area contributed by atoms with E-state index in [1.54, 1.807) is 0 Å². The van der Waals surface area contributed by atoms with Crippen LogP contribution in [0.25, 0.3) is 0 Å². The highest BCUT2D eigenvalue weighted by Gasteiger charge is 2.36. The molecule has 1 nitrogen and oxygen atoms in total. The Morgan fingerprint density at radius 2 is 1.75 bits per heavy atom. The molecule has 12 heavy (non-hydrogen) atoms. The molecule has 0 bridgehead atoms. The van der Waals surface area contributed by atoms with Gasteiger partial charge in [0.25, 0.3) is 0 Å². The van der Waals surface area contributed by atoms with Crippen LogP contribution in [0.3, 0.4) is 0 Å². The van der Waals surface area contributed by atoms with Crippen LogP contribution in [0.2, 0.25) is 0 Å². The lowest BCUT2D eigenvalue weighted by Gasteiger charge is -2.39. The number of aliphatic hydroxyl groups is 1. The number of hydrogen-bond acceptors (Lipinski definition) is 1. The Morgan fingerprint density at radius 1 is 1.25 bits per heavy atom. The molecule has 73 valence electrons. The summed E-state index contributed by atoms with van der Waals surface area (Å²) in [4.78, 5) is 0. The normalized spacial score (nSPS) is 17.5. The molecule has 0 aliphatic carbocycles. The van der Waals surface area contributed by atoms with Gasteiger partial charge in [-0.1, -0.05) is 40.5 Å². The number of rotatable bonds is 5. The van der Waals surface area contributed by atoms with Gasteiger partial charge in [-0.05, 0) is 25.2 Å². The lowest BCUT2D eigenvalue weighted by atomic mass is 9.71. The minimum atomic E-state index is -0.623. The summed E-state index contributed by atoms with van der Waals surface area (Å²) >= 11 is 0. The average molecular weight is 171 g/mol. The van der Waals surface area contributed by atoms with Crippen LogP contribution < -0.4 is 0 Å². The van der Waals surface area contributed by atoms with Crippen LogP contribution in [-0.2, 0) is 0 Å². The second-order valence-electron chi connectivity index (χ2n) is 4.51. The molecule has 0 aromatic carbocycles. The first-order valence-corrected chi connectivity index (χ1v) is 4.89. The third-order valence-electron chi connectivity index (χ3n) is 3.10. The summed E-state index contributed by atoms with van der Waals surface area (Å²) in [5.41, 5.74) is -0.632. The third-order valence-corrected chi connectivity index (χ3v) is 3.10. The first-order chi connectivity index (χ1) is 5.37. The summed E-state index contributed by atoms with van der Waals surface area (Å²) in [6, 6.07) is 0. The monoisotopic (exact) mass is 171 g/mol. The molecule has 1 heteroatoms. The van der Waals surface area contributed by atoms with Gasteiger partial charge in [-0.25, -0.2) is 0 Å². The molecular weight excluding hydrogens is 148 g/mol. The Labute approximate surface area is 77.2 Å². The zero-order valence-corrected chi connectivity index (χ0v) is 8.98. The highest BCUT2D eigenvalue weighted by Crippen LogP contribution is 2.37. The molecule has 0 amide bonds. The van der Waals surface area contributed by atoms with Crippen LogP contribution >= 0.6 is 0 Å². The maximum absolute atomic E-state index is 10.0. The first kappa shape index (κ1) is 12.0. The van der Waals surface area contributed by atoms with Gasteiger partial charge in [-0.2, -0.15) is 0 Å². The third kappa shape index (κ3) is 2.78. The predicted molar refractivity (Wildman–Crippen MR) is 53.9 cm³/mol. The highest BCUT2D eigenvalue weighted by atomic mass is 16.3. The second-order valence-corrected chi connectivity index (χ2v) is 4.51. The van der Waals surface area contributed by atoms with Gasteiger partial charge in [-0.3, -0.25) is 0 Å². The van der Waals surface area contributed by atoms with Crippen LogP contribution in [0.1, 0.15) is 53.4 Å². The summed E-state index contributed by atoms with van der Waals surface area (Å²) in [5.74, 6) is 0. The van der Waals surface area contributed by atoms with Gasteiger partial charge in [0.15, 0.2) is 0 Å². The first-order valence-electron chi connectivity index (χ1n) is 4.89. The van der Waals surface area contributed by atoms with Gasteiger partial charge in [-0.15, -0.1) is 0 Å². The zero-order chi connectivity index (χ0) is 9.83. The number of hydrogen-bond donors (Lipinski definition) is 1. The molecule has 0 rings (SSSR count). The Kier molecular flexibility index (Phi) is 4.25. The van der Waals surface area contributed by atoms with Gasteiger partial charge in [0.05, 0.1) is 5.60 Å². The van der Waals surface area contributed by atoms with Gasteiger partial charge in [0.2, 0.25) is 0 Å². The fourth-order valence-corrected chi connectivity index (χ4v) is 1.23. The molecule has 1 radical (unpaired) electrons. The van der Waals surface area contributed by atoms with Crippen molar-refractivity contribution in [2.75, 3.05) is 0 Å². The Balaban J connectivity index is 4.17. The van der Waals surface area contributed by atoms with Gasteiger partial charge in [0, 0.05) is 0 Å². The van der Waals surface area contributed by atoms with Crippen molar-refractivity contribution in [1.29, 1.82) is 0 Å². The summed E-state index contributed by atoms with van der Waals surface area (Å²) in [5, 5.41) is 10.0. The smallest absolute Gasteiger partial charge is 0.0670 e. The van der Waals surface area contributed by atoms with E-state index in [0.29, 0.717) is 6.42 Å². The summed E-state index contributed by atoms with van der Waals surface area (Å²) in [6.07, 6.45) is 4.04. The van der Waals surface area contributed by atoms with Gasteiger partial charge >= 0.3 is 0 Å². The van der Waals surface area contributed by atoms with Crippen molar-refractivity contribution in [1.82, 2.24) is 0 Å². The van der Waals surface area contributed by atoms with Crippen molar-refractivity contribution in [3.8, 4) is 0 Å². The van der Waals surface area contributed by atoms with E-state index in [1.807, 2.05) is 6.92 Å². The molecule has 1 atom stereocenters. The van der Waals surface area contributed by atoms with Crippen molar-refractivity contribution >= 4 is 0 Å². The van der Waals surface area contributed by atoms with Gasteiger partial charge in [0.1, 0.15) is 0 Å². The fraction of sp³-hybridized carbons (Fsp3) is 0.909. The predicted octanol–water partition coefficient (Wildman–Crippen LogP) is 3.18. The molecule has 0 aromatic heterocycles. The van der Waals surface area contributed by atoms with Crippen molar-refractivity contribution in [2.45, 2.75) is 59.0 Å². The molecule has 0 saturated heterocycles. The van der Waals surface area contributed by atoms with Crippen molar-refractivity contribution in [3.63, 3.8) is 0 Å². The lowest BCUT2D eigenvalue weighted by molar-refractivity contribution is -0.0544. The number of unbranched alkanes of at least 4 members (excludes halogenated alkanes) is 1. The Bertz CT molecular complexity index is 125. The Hall–Kier alpha value is -0.0400. The minimum absolute atomic E-state index is 0.00917. The van der Waals surface area contributed by atoms with Crippen LogP contribution in [-0.4, -0.2) is 10.7 Å². The van der Waals surface area contributed by atoms with E-state index in [0.717, 1.165) is 6.42 Å². The summed E-state index contributed by atoms with van der Waals surface area (Å²) in [6.45, 7) is 12.1. The van der Waals surface area contributed by atoms with Crippen LogP contribution in [0, 0.1) is 12.3 Å². The van der Waals surface area contributed by atoms with E-state index >= 15 is 0 Å². The molecule has 1 N–H and O–H groups in total. The summed E-state index contributed by atoms with van der Waals surface area (Å²) < 4.78 is 0. The molecule has 0 heterocycles. The van der Waals surface area contributed by atoms with Crippen molar-refractivity contribution in [2.24, 2.45) is 5.41 Å². The van der Waals surface area contributed by atoms with E-state index in [-0.39, 0.29) is 5.41 Å². The molecule has 0 saturated carbocycles. The maximum atomic E-state index is 10.0. The topological polar surface area (TPSA) is 20.2 Å². The quantitative estimate of drug-likeness (QED) is 0.673. The minimum Gasteiger partial charge on any atom is -0.390 e. The lowest BCUT2D eigenvalue weighted by Crippen LogP contribution is -2.41. The van der Waals surface area contributed by atoms with E-state index < -0.39 is 5.60 Å². The maximum Gasteiger partial charge on any atom is 0.0670 e. The molecule has 0 spiro atoms. The molecule has 0 fully saturated rings.